The van der Waals surface area contributed by atoms with Gasteiger partial charge < -0.3 is 10.1 Å². The highest BCUT2D eigenvalue weighted by Crippen LogP contribution is 2.30. The second-order valence-corrected chi connectivity index (χ2v) is 5.34. The molecule has 1 N–H and O–H groups in total. The zero-order valence-electron chi connectivity index (χ0n) is 10.2. The number of hydrogen-bond donors (Lipinski definition) is 1. The van der Waals surface area contributed by atoms with Crippen molar-refractivity contribution < 1.29 is 9.53 Å². The molecule has 1 aliphatic carbocycles. The fourth-order valence-electron chi connectivity index (χ4n) is 2.87. The smallest absolute Gasteiger partial charge is 0.138 e. The summed E-state index contributed by atoms with van der Waals surface area (Å²) in [5.74, 6) is 1.47. The molecule has 92 valence electrons. The fourth-order valence-corrected chi connectivity index (χ4v) is 2.87. The van der Waals surface area contributed by atoms with Crippen molar-refractivity contribution in [3.8, 4) is 0 Å². The number of Topliss-reactive ketones (excluding diaryl/α,β-unsaturated/α-hetero) is 1. The van der Waals surface area contributed by atoms with Gasteiger partial charge in [0.05, 0.1) is 12.7 Å². The van der Waals surface area contributed by atoms with Crippen LogP contribution in [-0.4, -0.2) is 31.6 Å². The molecule has 3 heteroatoms. The van der Waals surface area contributed by atoms with Crippen LogP contribution in [0.3, 0.4) is 0 Å². The third kappa shape index (κ3) is 3.29. The van der Waals surface area contributed by atoms with E-state index in [1.54, 1.807) is 0 Å². The number of hydrogen-bond acceptors (Lipinski definition) is 3. The lowest BCUT2D eigenvalue weighted by atomic mass is 9.79. The Morgan fingerprint density at radius 2 is 2.31 bits per heavy atom. The Labute approximate surface area is 97.9 Å². The van der Waals surface area contributed by atoms with Gasteiger partial charge in [0.1, 0.15) is 5.78 Å². The highest BCUT2D eigenvalue weighted by molar-refractivity contribution is 5.81. The summed E-state index contributed by atoms with van der Waals surface area (Å²) in [6.45, 7) is 4.77. The fraction of sp³-hybridized carbons (Fsp3) is 0.923. The minimum absolute atomic E-state index is 0.124. The van der Waals surface area contributed by atoms with Gasteiger partial charge in [0, 0.05) is 25.4 Å². The first kappa shape index (κ1) is 12.1. The number of nitrogens with one attached hydrogen (secondary N) is 1. The summed E-state index contributed by atoms with van der Waals surface area (Å²) in [6, 6.07) is 0. The summed E-state index contributed by atoms with van der Waals surface area (Å²) in [7, 11) is 0. The molecule has 0 bridgehead atoms. The molecule has 1 heterocycles. The van der Waals surface area contributed by atoms with Crippen molar-refractivity contribution in [2.75, 3.05) is 19.7 Å². The molecule has 2 aliphatic rings. The van der Waals surface area contributed by atoms with Crippen LogP contribution < -0.4 is 5.32 Å². The predicted octanol–water partition coefficient (Wildman–Crippen LogP) is 1.76. The van der Waals surface area contributed by atoms with E-state index in [2.05, 4.69) is 12.2 Å². The Morgan fingerprint density at radius 3 is 3.00 bits per heavy atom. The van der Waals surface area contributed by atoms with Crippen molar-refractivity contribution in [2.45, 2.75) is 45.1 Å². The van der Waals surface area contributed by atoms with Crippen LogP contribution in [0.4, 0.5) is 0 Å². The first-order valence-electron chi connectivity index (χ1n) is 6.60. The molecule has 1 saturated carbocycles. The maximum Gasteiger partial charge on any atom is 0.138 e. The van der Waals surface area contributed by atoms with Gasteiger partial charge >= 0.3 is 0 Å². The number of morpholine rings is 1. The molecule has 2 rings (SSSR count). The highest BCUT2D eigenvalue weighted by Gasteiger charge is 2.27. The molecule has 16 heavy (non-hydrogen) atoms. The lowest BCUT2D eigenvalue weighted by molar-refractivity contribution is -0.127. The zero-order valence-corrected chi connectivity index (χ0v) is 10.2. The van der Waals surface area contributed by atoms with E-state index >= 15 is 0 Å². The third-order valence-electron chi connectivity index (χ3n) is 3.82. The van der Waals surface area contributed by atoms with Gasteiger partial charge in [-0.3, -0.25) is 4.79 Å². The largest absolute Gasteiger partial charge is 0.375 e. The molecule has 3 nitrogen and oxygen atoms in total. The first-order valence-corrected chi connectivity index (χ1v) is 6.60. The van der Waals surface area contributed by atoms with E-state index in [0.717, 1.165) is 38.5 Å². The molecule has 3 unspecified atom stereocenters. The molecule has 1 saturated heterocycles. The molecule has 0 amide bonds. The van der Waals surface area contributed by atoms with E-state index in [4.69, 9.17) is 4.74 Å². The summed E-state index contributed by atoms with van der Waals surface area (Å²) >= 11 is 0. The normalized spacial score (nSPS) is 35.9. The Hall–Kier alpha value is -0.410. The number of carbonyl (C=O) groups is 1. The quantitative estimate of drug-likeness (QED) is 0.795. The van der Waals surface area contributed by atoms with Gasteiger partial charge in [0.2, 0.25) is 0 Å². The van der Waals surface area contributed by atoms with E-state index in [1.165, 1.54) is 12.8 Å². The maximum atomic E-state index is 12.1. The molecular formula is C13H23NO2. The third-order valence-corrected chi connectivity index (χ3v) is 3.82. The molecule has 0 aromatic carbocycles. The Bertz CT molecular complexity index is 236. The van der Waals surface area contributed by atoms with Crippen LogP contribution in [0.5, 0.6) is 0 Å². The monoisotopic (exact) mass is 225 g/mol. The van der Waals surface area contributed by atoms with Gasteiger partial charge in [-0.25, -0.2) is 0 Å². The number of rotatable bonds is 3. The maximum absolute atomic E-state index is 12.1. The van der Waals surface area contributed by atoms with E-state index in [9.17, 15) is 4.79 Å². The van der Waals surface area contributed by atoms with Crippen LogP contribution in [0.25, 0.3) is 0 Å². The summed E-state index contributed by atoms with van der Waals surface area (Å²) in [5.41, 5.74) is 0. The lowest BCUT2D eigenvalue weighted by Gasteiger charge is -2.28. The Balaban J connectivity index is 1.77. The molecule has 0 aromatic heterocycles. The second kappa shape index (κ2) is 5.78. The van der Waals surface area contributed by atoms with Crippen molar-refractivity contribution in [3.63, 3.8) is 0 Å². The average Bonchev–Trinajstić information content (AvgIpc) is 2.30. The molecular weight excluding hydrogens is 202 g/mol. The van der Waals surface area contributed by atoms with Gasteiger partial charge in [0.15, 0.2) is 0 Å². The van der Waals surface area contributed by atoms with Crippen LogP contribution in [0.1, 0.15) is 39.0 Å². The highest BCUT2D eigenvalue weighted by atomic mass is 16.5. The van der Waals surface area contributed by atoms with Gasteiger partial charge in [-0.05, 0) is 18.8 Å². The van der Waals surface area contributed by atoms with Gasteiger partial charge in [-0.1, -0.05) is 19.8 Å². The summed E-state index contributed by atoms with van der Waals surface area (Å²) in [6.07, 6.45) is 5.46. The van der Waals surface area contributed by atoms with Crippen molar-refractivity contribution in [3.05, 3.63) is 0 Å². The lowest BCUT2D eigenvalue weighted by Crippen LogP contribution is -2.40. The Morgan fingerprint density at radius 1 is 1.44 bits per heavy atom. The molecule has 3 atom stereocenters. The van der Waals surface area contributed by atoms with Crippen LogP contribution >= 0.6 is 0 Å². The number of ketones is 1. The van der Waals surface area contributed by atoms with Crippen molar-refractivity contribution in [1.82, 2.24) is 5.32 Å². The molecule has 0 aromatic rings. The van der Waals surface area contributed by atoms with Crippen molar-refractivity contribution >= 4 is 5.78 Å². The van der Waals surface area contributed by atoms with Crippen molar-refractivity contribution in [1.29, 1.82) is 0 Å². The van der Waals surface area contributed by atoms with E-state index in [-0.39, 0.29) is 6.10 Å². The average molecular weight is 225 g/mol. The standard InChI is InChI=1S/C13H23NO2/c1-10-3-2-4-11(7-10)13(15)8-12-9-14-5-6-16-12/h10-12,14H,2-9H2,1H3. The minimum atomic E-state index is 0.124. The SMILES string of the molecule is CC1CCCC(C(=O)CC2CNCCO2)C1. The number of carbonyl (C=O) groups excluding carboxylic acids is 1. The van der Waals surface area contributed by atoms with E-state index < -0.39 is 0 Å². The van der Waals surface area contributed by atoms with Crippen LogP contribution in [0, 0.1) is 11.8 Å². The zero-order chi connectivity index (χ0) is 11.4. The van der Waals surface area contributed by atoms with Crippen molar-refractivity contribution in [2.24, 2.45) is 11.8 Å². The van der Waals surface area contributed by atoms with Crippen LogP contribution in [0.2, 0.25) is 0 Å². The molecule has 2 fully saturated rings. The van der Waals surface area contributed by atoms with Crippen LogP contribution in [0.15, 0.2) is 0 Å². The van der Waals surface area contributed by atoms with E-state index in [1.807, 2.05) is 0 Å². The molecule has 0 spiro atoms. The minimum Gasteiger partial charge on any atom is -0.375 e. The van der Waals surface area contributed by atoms with Gasteiger partial charge in [-0.15, -0.1) is 0 Å². The van der Waals surface area contributed by atoms with Gasteiger partial charge in [-0.2, -0.15) is 0 Å². The van der Waals surface area contributed by atoms with E-state index in [0.29, 0.717) is 18.1 Å². The molecule has 0 radical (unpaired) electrons. The first-order chi connectivity index (χ1) is 7.75. The summed E-state index contributed by atoms with van der Waals surface area (Å²) in [5, 5.41) is 3.27. The second-order valence-electron chi connectivity index (χ2n) is 5.34. The number of ether oxygens (including phenoxy) is 1. The van der Waals surface area contributed by atoms with Gasteiger partial charge in [0.25, 0.3) is 0 Å². The Kier molecular flexibility index (Phi) is 4.36. The van der Waals surface area contributed by atoms with Crippen LogP contribution in [-0.2, 0) is 9.53 Å². The summed E-state index contributed by atoms with van der Waals surface area (Å²) < 4.78 is 5.58. The summed E-state index contributed by atoms with van der Waals surface area (Å²) in [4.78, 5) is 12.1. The molecule has 1 aliphatic heterocycles. The topological polar surface area (TPSA) is 38.3 Å². The predicted molar refractivity (Wildman–Crippen MR) is 63.4 cm³/mol.